The molecule has 0 aliphatic heterocycles. The smallest absolute Gasteiger partial charge is 0.332 e. The Bertz CT molecular complexity index is 218. The quantitative estimate of drug-likeness (QED) is 0.382. The van der Waals surface area contributed by atoms with Gasteiger partial charge in [-0.25, -0.2) is 4.79 Å². The average molecular weight is 218 g/mol. The summed E-state index contributed by atoms with van der Waals surface area (Å²) in [7, 11) is 0. The zero-order valence-electron chi connectivity index (χ0n) is 9.03. The second-order valence-corrected chi connectivity index (χ2v) is 3.16. The molecule has 2 unspecified atom stereocenters. The molecule has 0 aromatic carbocycles. The number of aliphatic hydroxyl groups is 1. The van der Waals surface area contributed by atoms with Crippen molar-refractivity contribution in [3.05, 3.63) is 0 Å². The number of ether oxygens (including phenoxy) is 1. The molecule has 0 bridgehead atoms. The lowest BCUT2D eigenvalue weighted by molar-refractivity contribution is -0.147. The van der Waals surface area contributed by atoms with E-state index in [0.717, 1.165) is 0 Å². The van der Waals surface area contributed by atoms with Gasteiger partial charge in [-0.15, -0.1) is 0 Å². The summed E-state index contributed by atoms with van der Waals surface area (Å²) in [6.45, 7) is 3.71. The highest BCUT2D eigenvalue weighted by Gasteiger charge is 2.22. The van der Waals surface area contributed by atoms with Crippen LogP contribution in [0.5, 0.6) is 0 Å². The van der Waals surface area contributed by atoms with Gasteiger partial charge in [0, 0.05) is 6.54 Å². The van der Waals surface area contributed by atoms with E-state index in [4.69, 9.17) is 10.8 Å². The van der Waals surface area contributed by atoms with E-state index in [1.54, 1.807) is 13.8 Å². The lowest BCUT2D eigenvalue weighted by Gasteiger charge is -2.11. The van der Waals surface area contributed by atoms with Crippen molar-refractivity contribution >= 4 is 11.9 Å². The van der Waals surface area contributed by atoms with Crippen LogP contribution in [-0.4, -0.2) is 42.3 Å². The summed E-state index contributed by atoms with van der Waals surface area (Å²) < 4.78 is 4.58. The van der Waals surface area contributed by atoms with E-state index in [1.165, 1.54) is 0 Å². The largest absolute Gasteiger partial charge is 0.464 e. The van der Waals surface area contributed by atoms with E-state index in [2.05, 4.69) is 10.1 Å². The predicted octanol–water partition coefficient (Wildman–Crippen LogP) is -1.24. The standard InChI is InChI=1S/C9H18N2O4/c1-3-15-9(14)7(10)8(13)11-5-4-6(2)12/h6-7,12H,3-5,10H2,1-2H3,(H,11,13). The maximum atomic E-state index is 11.2. The SMILES string of the molecule is CCOC(=O)C(N)C(=O)NCCC(C)O. The Morgan fingerprint density at radius 2 is 2.13 bits per heavy atom. The maximum absolute atomic E-state index is 11.2. The third-order valence-electron chi connectivity index (χ3n) is 1.68. The number of rotatable bonds is 6. The summed E-state index contributed by atoms with van der Waals surface area (Å²) >= 11 is 0. The number of carbonyl (C=O) groups is 2. The minimum absolute atomic E-state index is 0.188. The van der Waals surface area contributed by atoms with Gasteiger partial charge in [-0.2, -0.15) is 0 Å². The highest BCUT2D eigenvalue weighted by Crippen LogP contribution is 1.89. The molecule has 0 fully saturated rings. The van der Waals surface area contributed by atoms with E-state index in [1.807, 2.05) is 0 Å². The van der Waals surface area contributed by atoms with Crippen LogP contribution in [0.3, 0.4) is 0 Å². The zero-order valence-corrected chi connectivity index (χ0v) is 9.03. The van der Waals surface area contributed by atoms with Crippen LogP contribution >= 0.6 is 0 Å². The number of aliphatic hydroxyl groups excluding tert-OH is 1. The Hall–Kier alpha value is -1.14. The van der Waals surface area contributed by atoms with Gasteiger partial charge in [0.1, 0.15) is 0 Å². The van der Waals surface area contributed by atoms with Crippen molar-refractivity contribution in [2.75, 3.05) is 13.2 Å². The molecule has 15 heavy (non-hydrogen) atoms. The molecule has 0 aromatic rings. The first kappa shape index (κ1) is 13.9. The fourth-order valence-corrected chi connectivity index (χ4v) is 0.853. The Kier molecular flexibility index (Phi) is 6.64. The molecule has 1 amide bonds. The molecule has 2 atom stereocenters. The van der Waals surface area contributed by atoms with E-state index in [-0.39, 0.29) is 13.2 Å². The van der Waals surface area contributed by atoms with Gasteiger partial charge in [0.05, 0.1) is 12.7 Å². The van der Waals surface area contributed by atoms with E-state index in [9.17, 15) is 9.59 Å². The summed E-state index contributed by atoms with van der Waals surface area (Å²) in [6, 6.07) is -1.29. The Morgan fingerprint density at radius 1 is 1.53 bits per heavy atom. The molecule has 0 saturated heterocycles. The summed E-state index contributed by atoms with van der Waals surface area (Å²) in [6.07, 6.45) is -0.0782. The monoisotopic (exact) mass is 218 g/mol. The van der Waals surface area contributed by atoms with Gasteiger partial charge in [-0.1, -0.05) is 0 Å². The minimum Gasteiger partial charge on any atom is -0.464 e. The van der Waals surface area contributed by atoms with Crippen molar-refractivity contribution in [2.45, 2.75) is 32.4 Å². The number of nitrogens with one attached hydrogen (secondary N) is 1. The van der Waals surface area contributed by atoms with Gasteiger partial charge in [0.25, 0.3) is 0 Å². The fraction of sp³-hybridized carbons (Fsp3) is 0.778. The van der Waals surface area contributed by atoms with Crippen LogP contribution in [0.4, 0.5) is 0 Å². The van der Waals surface area contributed by atoms with Crippen LogP contribution in [0.1, 0.15) is 20.3 Å². The number of hydrogen-bond acceptors (Lipinski definition) is 5. The van der Waals surface area contributed by atoms with Crippen molar-refractivity contribution in [1.29, 1.82) is 0 Å². The molecule has 0 spiro atoms. The van der Waals surface area contributed by atoms with Gasteiger partial charge in [0.2, 0.25) is 5.91 Å². The first-order chi connectivity index (χ1) is 6.99. The summed E-state index contributed by atoms with van der Waals surface area (Å²) in [5.74, 6) is -1.33. The van der Waals surface area contributed by atoms with Gasteiger partial charge in [0.15, 0.2) is 6.04 Å². The van der Waals surface area contributed by atoms with Gasteiger partial charge in [-0.3, -0.25) is 4.79 Å². The lowest BCUT2D eigenvalue weighted by Crippen LogP contribution is -2.47. The van der Waals surface area contributed by atoms with E-state index in [0.29, 0.717) is 6.42 Å². The van der Waals surface area contributed by atoms with Gasteiger partial charge >= 0.3 is 5.97 Å². The second kappa shape index (κ2) is 7.19. The molecule has 0 saturated carbocycles. The average Bonchev–Trinajstić information content (AvgIpc) is 2.16. The molecule has 6 nitrogen and oxygen atoms in total. The van der Waals surface area contributed by atoms with Crippen molar-refractivity contribution in [1.82, 2.24) is 5.32 Å². The normalized spacial score (nSPS) is 14.1. The number of carbonyl (C=O) groups excluding carboxylic acids is 2. The van der Waals surface area contributed by atoms with E-state index >= 15 is 0 Å². The van der Waals surface area contributed by atoms with Crippen LogP contribution in [0.2, 0.25) is 0 Å². The highest BCUT2D eigenvalue weighted by atomic mass is 16.5. The van der Waals surface area contributed by atoms with Gasteiger partial charge in [-0.05, 0) is 20.3 Å². The van der Waals surface area contributed by atoms with Crippen LogP contribution in [0, 0.1) is 0 Å². The third kappa shape index (κ3) is 6.03. The first-order valence-corrected chi connectivity index (χ1v) is 4.87. The second-order valence-electron chi connectivity index (χ2n) is 3.16. The number of amides is 1. The molecule has 0 aliphatic rings. The van der Waals surface area contributed by atoms with Crippen LogP contribution in [0.25, 0.3) is 0 Å². The molecule has 0 heterocycles. The molecule has 6 heteroatoms. The zero-order chi connectivity index (χ0) is 11.8. The number of esters is 1. The number of hydrogen-bond donors (Lipinski definition) is 3. The summed E-state index contributed by atoms with van der Waals surface area (Å²) in [5.41, 5.74) is 5.31. The molecule has 88 valence electrons. The van der Waals surface area contributed by atoms with Gasteiger partial charge < -0.3 is 20.9 Å². The third-order valence-corrected chi connectivity index (χ3v) is 1.68. The minimum atomic E-state index is -1.29. The Balaban J connectivity index is 3.83. The lowest BCUT2D eigenvalue weighted by atomic mass is 10.2. The van der Waals surface area contributed by atoms with Crippen molar-refractivity contribution in [3.63, 3.8) is 0 Å². The predicted molar refractivity (Wildman–Crippen MR) is 53.9 cm³/mol. The Labute approximate surface area is 88.8 Å². The molecule has 0 aromatic heterocycles. The summed E-state index contributed by atoms with van der Waals surface area (Å²) in [5, 5.41) is 11.4. The number of nitrogens with two attached hydrogens (primary N) is 1. The molecular formula is C9H18N2O4. The molecular weight excluding hydrogens is 200 g/mol. The molecule has 0 radical (unpaired) electrons. The molecule has 4 N–H and O–H groups in total. The van der Waals surface area contributed by atoms with Crippen LogP contribution in [-0.2, 0) is 14.3 Å². The van der Waals surface area contributed by atoms with Crippen molar-refractivity contribution in [2.24, 2.45) is 5.73 Å². The van der Waals surface area contributed by atoms with Crippen molar-refractivity contribution < 1.29 is 19.4 Å². The van der Waals surface area contributed by atoms with Crippen molar-refractivity contribution in [3.8, 4) is 0 Å². The summed E-state index contributed by atoms with van der Waals surface area (Å²) in [4.78, 5) is 22.2. The highest BCUT2D eigenvalue weighted by molar-refractivity contribution is 6.01. The van der Waals surface area contributed by atoms with Crippen LogP contribution < -0.4 is 11.1 Å². The maximum Gasteiger partial charge on any atom is 0.332 e. The topological polar surface area (TPSA) is 102 Å². The fourth-order valence-electron chi connectivity index (χ4n) is 0.853. The van der Waals surface area contributed by atoms with E-state index < -0.39 is 24.0 Å². The molecule has 0 aliphatic carbocycles. The molecule has 0 rings (SSSR count). The van der Waals surface area contributed by atoms with Crippen LogP contribution in [0.15, 0.2) is 0 Å². The Morgan fingerprint density at radius 3 is 2.60 bits per heavy atom. The first-order valence-electron chi connectivity index (χ1n) is 4.87.